The fraction of sp³-hybridized carbons (Fsp3) is 0.312. The Bertz CT molecular complexity index is 675. The molecule has 2 rings (SSSR count). The van der Waals surface area contributed by atoms with E-state index in [4.69, 9.17) is 5.11 Å². The van der Waals surface area contributed by atoms with Crippen molar-refractivity contribution in [2.24, 2.45) is 0 Å². The van der Waals surface area contributed by atoms with Gasteiger partial charge in [-0.3, -0.25) is 4.79 Å². The number of nitrogens with zero attached hydrogens (tertiary/aromatic N) is 3. The van der Waals surface area contributed by atoms with Crippen molar-refractivity contribution in [1.29, 1.82) is 0 Å². The molecule has 0 saturated carbocycles. The zero-order valence-corrected chi connectivity index (χ0v) is 13.2. The highest BCUT2D eigenvalue weighted by Gasteiger charge is 2.13. The van der Waals surface area contributed by atoms with Crippen LogP contribution in [-0.4, -0.2) is 39.9 Å². The number of hydrogen-bond acceptors (Lipinski definition) is 4. The number of carboxylic acids is 1. The Morgan fingerprint density at radius 3 is 2.39 bits per heavy atom. The average Bonchev–Trinajstić information content (AvgIpc) is 2.98. The van der Waals surface area contributed by atoms with Gasteiger partial charge in [-0.25, -0.2) is 9.48 Å². The molecule has 0 aliphatic carbocycles. The predicted octanol–water partition coefficient (Wildman–Crippen LogP) is 2.07. The van der Waals surface area contributed by atoms with Crippen LogP contribution in [0.1, 0.15) is 24.3 Å². The number of aromatic nitrogens is 2. The first kappa shape index (κ1) is 16.5. The lowest BCUT2D eigenvalue weighted by molar-refractivity contribution is -0.116. The summed E-state index contributed by atoms with van der Waals surface area (Å²) in [7, 11) is 0. The molecular formula is C16H20N4O3. The standard InChI is InChI=1S/C16H20N4O3/c1-3-19(4-2)13-7-5-12(6-8-13)18-15(21)11-20-14(16(22)23)9-10-17-20/h5-10H,3-4,11H2,1-2H3,(H,18,21)(H,22,23). The monoisotopic (exact) mass is 316 g/mol. The van der Waals surface area contributed by atoms with Gasteiger partial charge in [0.25, 0.3) is 0 Å². The van der Waals surface area contributed by atoms with Gasteiger partial charge in [0, 0.05) is 30.7 Å². The highest BCUT2D eigenvalue weighted by molar-refractivity contribution is 5.92. The van der Waals surface area contributed by atoms with Gasteiger partial charge in [0.1, 0.15) is 12.2 Å². The van der Waals surface area contributed by atoms with Crippen molar-refractivity contribution < 1.29 is 14.7 Å². The Hall–Kier alpha value is -2.83. The summed E-state index contributed by atoms with van der Waals surface area (Å²) in [6.07, 6.45) is 1.36. The molecule has 1 heterocycles. The van der Waals surface area contributed by atoms with E-state index in [9.17, 15) is 9.59 Å². The van der Waals surface area contributed by atoms with Crippen molar-refractivity contribution in [2.75, 3.05) is 23.3 Å². The van der Waals surface area contributed by atoms with Gasteiger partial charge in [-0.05, 0) is 44.2 Å². The molecule has 0 unspecified atom stereocenters. The molecule has 2 N–H and O–H groups in total. The van der Waals surface area contributed by atoms with Crippen LogP contribution in [0.2, 0.25) is 0 Å². The van der Waals surface area contributed by atoms with Crippen LogP contribution in [0.5, 0.6) is 0 Å². The minimum Gasteiger partial charge on any atom is -0.477 e. The minimum absolute atomic E-state index is 0.0166. The molecule has 1 aromatic heterocycles. The second kappa shape index (κ2) is 7.44. The van der Waals surface area contributed by atoms with E-state index in [0.29, 0.717) is 5.69 Å². The molecule has 0 radical (unpaired) electrons. The Morgan fingerprint density at radius 1 is 1.17 bits per heavy atom. The number of aromatic carboxylic acids is 1. The lowest BCUT2D eigenvalue weighted by Crippen LogP contribution is -2.23. The number of carbonyl (C=O) groups is 2. The smallest absolute Gasteiger partial charge is 0.354 e. The third-order valence-electron chi connectivity index (χ3n) is 3.51. The Labute approximate surface area is 134 Å². The molecule has 0 atom stereocenters. The van der Waals surface area contributed by atoms with Crippen molar-refractivity contribution in [3.05, 3.63) is 42.2 Å². The number of carbonyl (C=O) groups excluding carboxylic acids is 1. The lowest BCUT2D eigenvalue weighted by Gasteiger charge is -2.21. The topological polar surface area (TPSA) is 87.5 Å². The van der Waals surface area contributed by atoms with Crippen LogP contribution >= 0.6 is 0 Å². The van der Waals surface area contributed by atoms with Crippen LogP contribution in [0.3, 0.4) is 0 Å². The summed E-state index contributed by atoms with van der Waals surface area (Å²) in [5.74, 6) is -1.44. The van der Waals surface area contributed by atoms with E-state index in [1.165, 1.54) is 12.3 Å². The molecule has 122 valence electrons. The van der Waals surface area contributed by atoms with E-state index < -0.39 is 5.97 Å². The molecule has 0 aliphatic rings. The highest BCUT2D eigenvalue weighted by atomic mass is 16.4. The number of nitrogens with one attached hydrogen (secondary N) is 1. The second-order valence-corrected chi connectivity index (χ2v) is 4.95. The van der Waals surface area contributed by atoms with E-state index in [2.05, 4.69) is 29.2 Å². The molecule has 0 spiro atoms. The van der Waals surface area contributed by atoms with Gasteiger partial charge < -0.3 is 15.3 Å². The molecule has 2 aromatic rings. The maximum absolute atomic E-state index is 12.0. The van der Waals surface area contributed by atoms with E-state index in [1.807, 2.05) is 24.3 Å². The van der Waals surface area contributed by atoms with Crippen molar-refractivity contribution >= 4 is 23.3 Å². The first-order valence-corrected chi connectivity index (χ1v) is 7.45. The predicted molar refractivity (Wildman–Crippen MR) is 87.8 cm³/mol. The molecule has 0 bridgehead atoms. The van der Waals surface area contributed by atoms with Crippen LogP contribution in [0.4, 0.5) is 11.4 Å². The van der Waals surface area contributed by atoms with Crippen LogP contribution in [0.15, 0.2) is 36.5 Å². The van der Waals surface area contributed by atoms with Crippen molar-refractivity contribution in [3.63, 3.8) is 0 Å². The van der Waals surface area contributed by atoms with Gasteiger partial charge in [0.2, 0.25) is 5.91 Å². The van der Waals surface area contributed by atoms with Crippen molar-refractivity contribution in [3.8, 4) is 0 Å². The van der Waals surface area contributed by atoms with Gasteiger partial charge >= 0.3 is 5.97 Å². The largest absolute Gasteiger partial charge is 0.477 e. The molecule has 1 amide bonds. The third-order valence-corrected chi connectivity index (χ3v) is 3.51. The summed E-state index contributed by atoms with van der Waals surface area (Å²) in [6.45, 7) is 5.86. The molecule has 0 aliphatic heterocycles. The SMILES string of the molecule is CCN(CC)c1ccc(NC(=O)Cn2nccc2C(=O)O)cc1. The van der Waals surface area contributed by atoms with Crippen LogP contribution < -0.4 is 10.2 Å². The van der Waals surface area contributed by atoms with Gasteiger partial charge in [0.15, 0.2) is 0 Å². The molecule has 0 saturated heterocycles. The van der Waals surface area contributed by atoms with E-state index >= 15 is 0 Å². The fourth-order valence-electron chi connectivity index (χ4n) is 2.32. The summed E-state index contributed by atoms with van der Waals surface area (Å²) < 4.78 is 1.15. The quantitative estimate of drug-likeness (QED) is 0.816. The summed E-state index contributed by atoms with van der Waals surface area (Å²) in [5, 5.41) is 15.6. The summed E-state index contributed by atoms with van der Waals surface area (Å²) in [6, 6.07) is 8.90. The Morgan fingerprint density at radius 2 is 1.83 bits per heavy atom. The fourth-order valence-corrected chi connectivity index (χ4v) is 2.32. The first-order valence-electron chi connectivity index (χ1n) is 7.45. The highest BCUT2D eigenvalue weighted by Crippen LogP contribution is 2.17. The molecule has 7 heteroatoms. The normalized spacial score (nSPS) is 10.3. The van der Waals surface area contributed by atoms with Crippen LogP contribution in [-0.2, 0) is 11.3 Å². The molecular weight excluding hydrogens is 296 g/mol. The van der Waals surface area contributed by atoms with Gasteiger partial charge in [-0.1, -0.05) is 0 Å². The first-order chi connectivity index (χ1) is 11.0. The van der Waals surface area contributed by atoms with Gasteiger partial charge in [0.05, 0.1) is 0 Å². The minimum atomic E-state index is -1.11. The maximum Gasteiger partial charge on any atom is 0.354 e. The Balaban J connectivity index is 2.00. The zero-order valence-electron chi connectivity index (χ0n) is 13.2. The Kier molecular flexibility index (Phi) is 5.35. The zero-order chi connectivity index (χ0) is 16.8. The van der Waals surface area contributed by atoms with Gasteiger partial charge in [-0.2, -0.15) is 5.10 Å². The number of hydrogen-bond donors (Lipinski definition) is 2. The third kappa shape index (κ3) is 4.09. The summed E-state index contributed by atoms with van der Waals surface area (Å²) in [5.41, 5.74) is 1.74. The van der Waals surface area contributed by atoms with E-state index in [0.717, 1.165) is 23.5 Å². The van der Waals surface area contributed by atoms with Gasteiger partial charge in [-0.15, -0.1) is 0 Å². The summed E-state index contributed by atoms with van der Waals surface area (Å²) in [4.78, 5) is 25.2. The van der Waals surface area contributed by atoms with E-state index in [1.54, 1.807) is 0 Å². The number of rotatable bonds is 7. The maximum atomic E-state index is 12.0. The van der Waals surface area contributed by atoms with E-state index in [-0.39, 0.29) is 18.1 Å². The van der Waals surface area contributed by atoms with Crippen LogP contribution in [0.25, 0.3) is 0 Å². The van der Waals surface area contributed by atoms with Crippen molar-refractivity contribution in [2.45, 2.75) is 20.4 Å². The number of amides is 1. The average molecular weight is 316 g/mol. The molecule has 0 fully saturated rings. The number of anilines is 2. The molecule has 23 heavy (non-hydrogen) atoms. The van der Waals surface area contributed by atoms with Crippen LogP contribution in [0, 0.1) is 0 Å². The molecule has 7 nitrogen and oxygen atoms in total. The summed E-state index contributed by atoms with van der Waals surface area (Å²) >= 11 is 0. The molecule has 1 aromatic carbocycles. The van der Waals surface area contributed by atoms with Crippen molar-refractivity contribution in [1.82, 2.24) is 9.78 Å². The number of carboxylic acid groups (broad SMARTS) is 1. The number of benzene rings is 1. The lowest BCUT2D eigenvalue weighted by atomic mass is 10.2. The second-order valence-electron chi connectivity index (χ2n) is 4.95.